The Labute approximate surface area is 269 Å². The molecule has 6 aromatic carbocycles. The molecule has 5 heteroatoms. The van der Waals surface area contributed by atoms with Crippen molar-refractivity contribution in [3.63, 3.8) is 0 Å². The van der Waals surface area contributed by atoms with Crippen LogP contribution < -0.4 is 0 Å². The average molecular weight is 604 g/mol. The summed E-state index contributed by atoms with van der Waals surface area (Å²) in [6.45, 7) is 0. The molecule has 220 valence electrons. The van der Waals surface area contributed by atoms with E-state index < -0.39 is 0 Å². The van der Waals surface area contributed by atoms with E-state index in [0.29, 0.717) is 5.82 Å². The number of furan rings is 2. The summed E-state index contributed by atoms with van der Waals surface area (Å²) in [7, 11) is 0. The van der Waals surface area contributed by atoms with Crippen LogP contribution in [0.5, 0.6) is 0 Å². The fourth-order valence-corrected chi connectivity index (χ4v) is 6.93. The Kier molecular flexibility index (Phi) is 5.51. The van der Waals surface area contributed by atoms with Crippen molar-refractivity contribution < 1.29 is 8.83 Å². The van der Waals surface area contributed by atoms with Gasteiger partial charge in [-0.3, -0.25) is 4.57 Å². The Hall–Kier alpha value is -6.46. The quantitative estimate of drug-likeness (QED) is 0.201. The molecule has 0 aliphatic carbocycles. The minimum atomic E-state index is 0.652. The molecular formula is C42H25N3O2. The van der Waals surface area contributed by atoms with Gasteiger partial charge in [-0.1, -0.05) is 127 Å². The highest BCUT2D eigenvalue weighted by Crippen LogP contribution is 2.47. The third-order valence-corrected chi connectivity index (χ3v) is 9.02. The highest BCUT2D eigenvalue weighted by atomic mass is 16.3. The number of hydrogen-bond donors (Lipinski definition) is 0. The largest absolute Gasteiger partial charge is 0.455 e. The second kappa shape index (κ2) is 10.0. The zero-order valence-electron chi connectivity index (χ0n) is 25.1. The van der Waals surface area contributed by atoms with Gasteiger partial charge in [-0.15, -0.1) is 0 Å². The lowest BCUT2D eigenvalue weighted by Gasteiger charge is -2.12. The lowest BCUT2D eigenvalue weighted by atomic mass is 10.0. The van der Waals surface area contributed by atoms with Gasteiger partial charge in [-0.25, -0.2) is 9.97 Å². The second-order valence-electron chi connectivity index (χ2n) is 11.8. The van der Waals surface area contributed by atoms with Crippen molar-refractivity contribution >= 4 is 54.7 Å². The van der Waals surface area contributed by atoms with Gasteiger partial charge in [-0.2, -0.15) is 0 Å². The van der Waals surface area contributed by atoms with Crippen LogP contribution in [0.25, 0.3) is 94.5 Å². The number of benzene rings is 6. The smallest absolute Gasteiger partial charge is 0.162 e. The first-order valence-corrected chi connectivity index (χ1v) is 15.7. The molecule has 0 saturated carbocycles. The van der Waals surface area contributed by atoms with Gasteiger partial charge in [0.05, 0.1) is 16.6 Å². The van der Waals surface area contributed by atoms with Gasteiger partial charge < -0.3 is 8.83 Å². The van der Waals surface area contributed by atoms with Gasteiger partial charge >= 0.3 is 0 Å². The van der Waals surface area contributed by atoms with Crippen LogP contribution in [0, 0.1) is 0 Å². The molecule has 0 aliphatic heterocycles. The molecule has 47 heavy (non-hydrogen) atoms. The Balaban J connectivity index is 1.40. The predicted octanol–water partition coefficient (Wildman–Crippen LogP) is 11.2. The van der Waals surface area contributed by atoms with E-state index in [1.807, 2.05) is 66.7 Å². The van der Waals surface area contributed by atoms with E-state index in [2.05, 4.69) is 89.5 Å². The second-order valence-corrected chi connectivity index (χ2v) is 11.8. The van der Waals surface area contributed by atoms with Crippen LogP contribution in [-0.4, -0.2) is 14.5 Å². The van der Waals surface area contributed by atoms with Crippen molar-refractivity contribution in [2.24, 2.45) is 0 Å². The summed E-state index contributed by atoms with van der Waals surface area (Å²) < 4.78 is 15.9. The van der Waals surface area contributed by atoms with Crippen LogP contribution in [0.3, 0.4) is 0 Å². The summed E-state index contributed by atoms with van der Waals surface area (Å²) in [5.74, 6) is 2.22. The summed E-state index contributed by atoms with van der Waals surface area (Å²) in [5.41, 5.74) is 8.20. The lowest BCUT2D eigenvalue weighted by Crippen LogP contribution is -2.02. The van der Waals surface area contributed by atoms with Gasteiger partial charge in [0.15, 0.2) is 11.4 Å². The molecule has 0 atom stereocenters. The number of nitrogens with zero attached hydrogens (tertiary/aromatic N) is 3. The Bertz CT molecular complexity index is 2720. The zero-order valence-corrected chi connectivity index (χ0v) is 25.1. The number of para-hydroxylation sites is 2. The van der Waals surface area contributed by atoms with Gasteiger partial charge in [0.2, 0.25) is 0 Å². The summed E-state index contributed by atoms with van der Waals surface area (Å²) in [4.78, 5) is 10.3. The van der Waals surface area contributed by atoms with Crippen LogP contribution in [-0.2, 0) is 0 Å². The monoisotopic (exact) mass is 603 g/mol. The Morgan fingerprint density at radius 3 is 1.87 bits per heavy atom. The maximum Gasteiger partial charge on any atom is 0.162 e. The van der Waals surface area contributed by atoms with E-state index in [1.165, 1.54) is 0 Å². The topological polar surface area (TPSA) is 57.0 Å². The Morgan fingerprint density at radius 1 is 0.468 bits per heavy atom. The van der Waals surface area contributed by atoms with Crippen LogP contribution >= 0.6 is 0 Å². The van der Waals surface area contributed by atoms with Gasteiger partial charge in [0.25, 0.3) is 0 Å². The van der Waals surface area contributed by atoms with E-state index in [-0.39, 0.29) is 0 Å². The molecule has 0 unspecified atom stereocenters. The van der Waals surface area contributed by atoms with Crippen molar-refractivity contribution in [1.29, 1.82) is 0 Å². The number of aromatic nitrogens is 3. The Morgan fingerprint density at radius 2 is 1.11 bits per heavy atom. The molecule has 0 fully saturated rings. The summed E-state index contributed by atoms with van der Waals surface area (Å²) in [6, 6.07) is 51.6. The van der Waals surface area contributed by atoms with Crippen molar-refractivity contribution in [3.05, 3.63) is 152 Å². The van der Waals surface area contributed by atoms with Crippen LogP contribution in [0.1, 0.15) is 0 Å². The molecule has 0 saturated heterocycles. The van der Waals surface area contributed by atoms with E-state index >= 15 is 0 Å². The lowest BCUT2D eigenvalue weighted by molar-refractivity contribution is 0.635. The first-order chi connectivity index (χ1) is 23.3. The van der Waals surface area contributed by atoms with Crippen molar-refractivity contribution in [1.82, 2.24) is 14.5 Å². The third-order valence-electron chi connectivity index (χ3n) is 9.02. The highest BCUT2D eigenvalue weighted by molar-refractivity contribution is 6.34. The molecule has 0 aliphatic rings. The number of rotatable bonds is 4. The first kappa shape index (κ1) is 25.8. The van der Waals surface area contributed by atoms with Crippen molar-refractivity contribution in [2.75, 3.05) is 0 Å². The minimum Gasteiger partial charge on any atom is -0.455 e. The number of fused-ring (bicyclic) bond motifs is 10. The molecular weight excluding hydrogens is 578 g/mol. The van der Waals surface area contributed by atoms with Crippen molar-refractivity contribution in [3.8, 4) is 39.8 Å². The molecule has 4 heterocycles. The van der Waals surface area contributed by atoms with E-state index in [4.69, 9.17) is 18.8 Å². The zero-order chi connectivity index (χ0) is 30.9. The van der Waals surface area contributed by atoms with Crippen LogP contribution in [0.4, 0.5) is 0 Å². The SMILES string of the molecule is c1ccc(-c2cc(-n3c4ccccc4c4c5oc(-c6ccccc6)cc5c5c6ccccc6oc5c43)nc(-c3ccccc3)n2)cc1. The minimum absolute atomic E-state index is 0.652. The summed E-state index contributed by atoms with van der Waals surface area (Å²) in [6.07, 6.45) is 0. The molecule has 5 nitrogen and oxygen atoms in total. The van der Waals surface area contributed by atoms with Gasteiger partial charge in [-0.05, 0) is 18.2 Å². The normalized spacial score (nSPS) is 11.8. The van der Waals surface area contributed by atoms with E-state index in [0.717, 1.165) is 88.7 Å². The summed E-state index contributed by atoms with van der Waals surface area (Å²) in [5, 5.41) is 5.15. The molecule has 0 bridgehead atoms. The maximum atomic E-state index is 6.85. The molecule has 4 aromatic heterocycles. The van der Waals surface area contributed by atoms with Crippen LogP contribution in [0.15, 0.2) is 160 Å². The van der Waals surface area contributed by atoms with E-state index in [1.54, 1.807) is 0 Å². The highest BCUT2D eigenvalue weighted by Gasteiger charge is 2.26. The molecule has 0 N–H and O–H groups in total. The van der Waals surface area contributed by atoms with Crippen molar-refractivity contribution in [2.45, 2.75) is 0 Å². The average Bonchev–Trinajstić information content (AvgIpc) is 3.85. The molecule has 0 amide bonds. The van der Waals surface area contributed by atoms with E-state index in [9.17, 15) is 0 Å². The molecule has 0 spiro atoms. The first-order valence-electron chi connectivity index (χ1n) is 15.7. The molecule has 10 aromatic rings. The third kappa shape index (κ3) is 3.90. The predicted molar refractivity (Wildman–Crippen MR) is 190 cm³/mol. The van der Waals surface area contributed by atoms with Gasteiger partial charge in [0, 0.05) is 44.3 Å². The molecule has 0 radical (unpaired) electrons. The standard InChI is InChI=1S/C42H25N3O2/c1-4-14-26(15-5-1)32-25-36(44-42(43-32)28-18-8-3-9-19-28)45-33-22-12-10-20-29(33)38-39(45)41-37(30-21-11-13-23-34(30)46-41)31-24-35(47-40(31)38)27-16-6-2-7-17-27/h1-25H. The number of hydrogen-bond acceptors (Lipinski definition) is 4. The summed E-state index contributed by atoms with van der Waals surface area (Å²) >= 11 is 0. The fraction of sp³-hybridized carbons (Fsp3) is 0. The van der Waals surface area contributed by atoms with Crippen LogP contribution in [0.2, 0.25) is 0 Å². The molecule has 10 rings (SSSR count). The maximum absolute atomic E-state index is 6.85. The fourth-order valence-electron chi connectivity index (χ4n) is 6.93. The van der Waals surface area contributed by atoms with Gasteiger partial charge in [0.1, 0.15) is 28.3 Å².